The zero-order chi connectivity index (χ0) is 9.42. The molecule has 3 heteroatoms. The van der Waals surface area contributed by atoms with Crippen molar-refractivity contribution < 1.29 is 0 Å². The van der Waals surface area contributed by atoms with Crippen LogP contribution < -0.4 is 5.73 Å². The van der Waals surface area contributed by atoms with Crippen LogP contribution in [-0.2, 0) is 0 Å². The predicted molar refractivity (Wildman–Crippen MR) is 58.6 cm³/mol. The van der Waals surface area contributed by atoms with Gasteiger partial charge in [-0.1, -0.05) is 22.0 Å². The van der Waals surface area contributed by atoms with Crippen molar-refractivity contribution >= 4 is 26.8 Å². The third-order valence-electron chi connectivity index (χ3n) is 2.10. The highest BCUT2D eigenvalue weighted by Gasteiger charge is 2.03. The van der Waals surface area contributed by atoms with E-state index < -0.39 is 0 Å². The molecule has 0 radical (unpaired) electrons. The molecule has 0 aliphatic rings. The molecular formula is C10H11BrN2. The van der Waals surface area contributed by atoms with Crippen LogP contribution in [-0.4, -0.2) is 4.98 Å². The molecule has 68 valence electrons. The molecule has 0 fully saturated rings. The first-order valence-electron chi connectivity index (χ1n) is 4.20. The van der Waals surface area contributed by atoms with E-state index in [4.69, 9.17) is 5.73 Å². The van der Waals surface area contributed by atoms with Gasteiger partial charge in [0.1, 0.15) is 0 Å². The number of hydrogen-bond acceptors (Lipinski definition) is 1. The second kappa shape index (κ2) is 3.16. The van der Waals surface area contributed by atoms with Crippen LogP contribution in [0.2, 0.25) is 0 Å². The normalized spacial score (nSPS) is 13.5. The molecular weight excluding hydrogens is 228 g/mol. The van der Waals surface area contributed by atoms with Gasteiger partial charge >= 0.3 is 0 Å². The Morgan fingerprint density at radius 1 is 1.38 bits per heavy atom. The highest BCUT2D eigenvalue weighted by Crippen LogP contribution is 2.22. The van der Waals surface area contributed by atoms with Gasteiger partial charge in [0.25, 0.3) is 0 Å². The van der Waals surface area contributed by atoms with Crippen LogP contribution in [0.15, 0.2) is 28.7 Å². The van der Waals surface area contributed by atoms with E-state index in [0.717, 1.165) is 15.7 Å². The van der Waals surface area contributed by atoms with Gasteiger partial charge in [-0.05, 0) is 30.5 Å². The second-order valence-corrected chi connectivity index (χ2v) is 4.16. The lowest BCUT2D eigenvalue weighted by atomic mass is 10.2. The summed E-state index contributed by atoms with van der Waals surface area (Å²) >= 11 is 3.43. The SMILES string of the molecule is CC(N)c1cc2ccc(Br)cc2[nH]1. The lowest BCUT2D eigenvalue weighted by Gasteiger charge is -1.98. The maximum atomic E-state index is 5.77. The number of halogens is 1. The standard InChI is InChI=1S/C10H11BrN2/c1-6(12)9-4-7-2-3-8(11)5-10(7)13-9/h2-6,13H,12H2,1H3. The van der Waals surface area contributed by atoms with Gasteiger partial charge in [-0.25, -0.2) is 0 Å². The Hall–Kier alpha value is -0.800. The monoisotopic (exact) mass is 238 g/mol. The van der Waals surface area contributed by atoms with Gasteiger partial charge in [-0.2, -0.15) is 0 Å². The smallest absolute Gasteiger partial charge is 0.0467 e. The quantitative estimate of drug-likeness (QED) is 0.789. The molecule has 2 aromatic rings. The fraction of sp³-hybridized carbons (Fsp3) is 0.200. The topological polar surface area (TPSA) is 41.8 Å². The molecule has 1 aromatic carbocycles. The molecule has 0 saturated carbocycles. The van der Waals surface area contributed by atoms with Crippen LogP contribution in [0.5, 0.6) is 0 Å². The molecule has 1 heterocycles. The molecule has 0 bridgehead atoms. The summed E-state index contributed by atoms with van der Waals surface area (Å²) in [4.78, 5) is 3.28. The number of nitrogens with one attached hydrogen (secondary N) is 1. The number of aromatic amines is 1. The van der Waals surface area contributed by atoms with Crippen LogP contribution in [0.3, 0.4) is 0 Å². The average molecular weight is 239 g/mol. The fourth-order valence-corrected chi connectivity index (χ4v) is 1.73. The van der Waals surface area contributed by atoms with E-state index in [2.05, 4.69) is 39.1 Å². The van der Waals surface area contributed by atoms with E-state index in [-0.39, 0.29) is 6.04 Å². The van der Waals surface area contributed by atoms with E-state index in [1.54, 1.807) is 0 Å². The van der Waals surface area contributed by atoms with Crippen molar-refractivity contribution in [2.75, 3.05) is 0 Å². The first kappa shape index (κ1) is 8.78. The summed E-state index contributed by atoms with van der Waals surface area (Å²) in [5, 5.41) is 1.20. The molecule has 2 nitrogen and oxygen atoms in total. The molecule has 1 atom stereocenters. The van der Waals surface area contributed by atoms with E-state index in [1.807, 2.05) is 13.0 Å². The van der Waals surface area contributed by atoms with Crippen molar-refractivity contribution in [2.24, 2.45) is 5.73 Å². The zero-order valence-electron chi connectivity index (χ0n) is 7.34. The van der Waals surface area contributed by atoms with E-state index >= 15 is 0 Å². The van der Waals surface area contributed by atoms with Crippen LogP contribution >= 0.6 is 15.9 Å². The molecule has 2 rings (SSSR count). The van der Waals surface area contributed by atoms with Crippen molar-refractivity contribution in [1.29, 1.82) is 0 Å². The first-order chi connectivity index (χ1) is 6.16. The van der Waals surface area contributed by atoms with Gasteiger partial charge in [0.05, 0.1) is 0 Å². The van der Waals surface area contributed by atoms with Crippen molar-refractivity contribution in [3.05, 3.63) is 34.4 Å². The van der Waals surface area contributed by atoms with Gasteiger partial charge < -0.3 is 10.7 Å². The number of hydrogen-bond donors (Lipinski definition) is 2. The highest BCUT2D eigenvalue weighted by molar-refractivity contribution is 9.10. The van der Waals surface area contributed by atoms with Crippen LogP contribution in [0.1, 0.15) is 18.7 Å². The average Bonchev–Trinajstić information content (AvgIpc) is 2.46. The van der Waals surface area contributed by atoms with Gasteiger partial charge in [0.2, 0.25) is 0 Å². The Balaban J connectivity index is 2.62. The maximum Gasteiger partial charge on any atom is 0.0467 e. The minimum atomic E-state index is 0.0613. The van der Waals surface area contributed by atoms with Gasteiger partial charge in [-0.3, -0.25) is 0 Å². The number of fused-ring (bicyclic) bond motifs is 1. The fourth-order valence-electron chi connectivity index (χ4n) is 1.37. The summed E-state index contributed by atoms with van der Waals surface area (Å²) in [7, 11) is 0. The second-order valence-electron chi connectivity index (χ2n) is 3.24. The summed E-state index contributed by atoms with van der Waals surface area (Å²) < 4.78 is 1.08. The van der Waals surface area contributed by atoms with Crippen molar-refractivity contribution in [2.45, 2.75) is 13.0 Å². The maximum absolute atomic E-state index is 5.77. The molecule has 1 aromatic heterocycles. The number of H-pyrrole nitrogens is 1. The van der Waals surface area contributed by atoms with Crippen molar-refractivity contribution in [1.82, 2.24) is 4.98 Å². The lowest BCUT2D eigenvalue weighted by molar-refractivity contribution is 0.792. The molecule has 0 amide bonds. The third kappa shape index (κ3) is 1.62. The predicted octanol–water partition coefficient (Wildman–Crippen LogP) is 2.95. The highest BCUT2D eigenvalue weighted by atomic mass is 79.9. The van der Waals surface area contributed by atoms with Crippen LogP contribution in [0, 0.1) is 0 Å². The number of benzene rings is 1. The largest absolute Gasteiger partial charge is 0.357 e. The molecule has 0 spiro atoms. The summed E-state index contributed by atoms with van der Waals surface area (Å²) in [5.74, 6) is 0. The Labute approximate surface area is 85.3 Å². The summed E-state index contributed by atoms with van der Waals surface area (Å²) in [6.45, 7) is 1.97. The Bertz CT molecular complexity index is 431. The molecule has 0 saturated heterocycles. The Morgan fingerprint density at radius 3 is 2.85 bits per heavy atom. The van der Waals surface area contributed by atoms with E-state index in [1.165, 1.54) is 5.39 Å². The minimum absolute atomic E-state index is 0.0613. The Kier molecular flexibility index (Phi) is 2.14. The number of aromatic nitrogens is 1. The molecule has 0 aliphatic carbocycles. The minimum Gasteiger partial charge on any atom is -0.357 e. The summed E-state index contributed by atoms with van der Waals surface area (Å²) in [6.07, 6.45) is 0. The number of rotatable bonds is 1. The van der Waals surface area contributed by atoms with Gasteiger partial charge in [0, 0.05) is 21.7 Å². The van der Waals surface area contributed by atoms with Crippen LogP contribution in [0.25, 0.3) is 10.9 Å². The van der Waals surface area contributed by atoms with Gasteiger partial charge in [-0.15, -0.1) is 0 Å². The first-order valence-corrected chi connectivity index (χ1v) is 5.00. The van der Waals surface area contributed by atoms with Crippen LogP contribution in [0.4, 0.5) is 0 Å². The van der Waals surface area contributed by atoms with Crippen molar-refractivity contribution in [3.8, 4) is 0 Å². The van der Waals surface area contributed by atoms with E-state index in [0.29, 0.717) is 0 Å². The molecule has 0 aliphatic heterocycles. The molecule has 1 unspecified atom stereocenters. The van der Waals surface area contributed by atoms with Crippen molar-refractivity contribution in [3.63, 3.8) is 0 Å². The summed E-state index contributed by atoms with van der Waals surface area (Å²) in [5.41, 5.74) is 7.98. The molecule has 13 heavy (non-hydrogen) atoms. The Morgan fingerprint density at radius 2 is 2.15 bits per heavy atom. The zero-order valence-corrected chi connectivity index (χ0v) is 8.93. The molecule has 3 N–H and O–H groups in total. The van der Waals surface area contributed by atoms with E-state index in [9.17, 15) is 0 Å². The lowest BCUT2D eigenvalue weighted by Crippen LogP contribution is -2.04. The number of nitrogens with two attached hydrogens (primary N) is 1. The van der Waals surface area contributed by atoms with Gasteiger partial charge in [0.15, 0.2) is 0 Å². The summed E-state index contributed by atoms with van der Waals surface area (Å²) in [6, 6.07) is 8.31. The third-order valence-corrected chi connectivity index (χ3v) is 2.59.